The molecule has 23 heavy (non-hydrogen) atoms. The van der Waals surface area contributed by atoms with Gasteiger partial charge in [-0.05, 0) is 30.9 Å². The zero-order valence-electron chi connectivity index (χ0n) is 12.5. The number of hydrogen-bond donors (Lipinski definition) is 0. The summed E-state index contributed by atoms with van der Waals surface area (Å²) in [7, 11) is 0. The van der Waals surface area contributed by atoms with Crippen molar-refractivity contribution in [1.29, 1.82) is 0 Å². The molecule has 0 aliphatic heterocycles. The molecule has 0 saturated carbocycles. The van der Waals surface area contributed by atoms with Crippen molar-refractivity contribution in [3.05, 3.63) is 62.8 Å². The van der Waals surface area contributed by atoms with Crippen LogP contribution in [0.4, 0.5) is 0 Å². The van der Waals surface area contributed by atoms with Gasteiger partial charge in [0.1, 0.15) is 16.5 Å². The number of nitrogens with zero attached hydrogens (tertiary/aromatic N) is 1. The van der Waals surface area contributed by atoms with Crippen LogP contribution in [0.25, 0.3) is 10.6 Å². The van der Waals surface area contributed by atoms with Gasteiger partial charge in [-0.1, -0.05) is 30.3 Å². The van der Waals surface area contributed by atoms with E-state index in [0.29, 0.717) is 4.88 Å². The molecule has 1 aromatic carbocycles. The Morgan fingerprint density at radius 3 is 2.91 bits per heavy atom. The average molecular weight is 341 g/mol. The number of aromatic nitrogens is 1. The summed E-state index contributed by atoms with van der Waals surface area (Å²) in [6, 6.07) is 12.0. The van der Waals surface area contributed by atoms with E-state index in [1.165, 1.54) is 16.9 Å². The molecule has 116 valence electrons. The summed E-state index contributed by atoms with van der Waals surface area (Å²) >= 11 is 3.14. The minimum absolute atomic E-state index is 0.227. The molecule has 0 atom stereocenters. The van der Waals surface area contributed by atoms with E-state index in [4.69, 9.17) is 4.74 Å². The average Bonchev–Trinajstić information content (AvgIpc) is 3.29. The van der Waals surface area contributed by atoms with E-state index in [1.54, 1.807) is 22.7 Å². The predicted molar refractivity (Wildman–Crippen MR) is 93.0 cm³/mol. The number of thiophene rings is 1. The Labute approximate surface area is 142 Å². The number of ether oxygens (including phenoxy) is 1. The molecule has 5 heteroatoms. The van der Waals surface area contributed by atoms with Crippen molar-refractivity contribution < 1.29 is 9.53 Å². The van der Waals surface area contributed by atoms with Crippen LogP contribution < -0.4 is 0 Å². The standard InChI is InChI=1S/C18H15NO2S2/c20-18(16-9-13-7-4-8-15(13)23-16)21-10-14-11-22-17(19-14)12-5-2-1-3-6-12/h1-3,5-6,9,11H,4,7-8,10H2. The number of carbonyl (C=O) groups is 1. The first-order chi connectivity index (χ1) is 11.3. The summed E-state index contributed by atoms with van der Waals surface area (Å²) < 4.78 is 5.42. The summed E-state index contributed by atoms with van der Waals surface area (Å²) in [5.74, 6) is -0.237. The van der Waals surface area contributed by atoms with Crippen molar-refractivity contribution in [2.24, 2.45) is 0 Å². The number of rotatable bonds is 4. The highest BCUT2D eigenvalue weighted by molar-refractivity contribution is 7.14. The fourth-order valence-electron chi connectivity index (χ4n) is 2.73. The second-order valence-corrected chi connectivity index (χ2v) is 7.49. The Bertz CT molecular complexity index is 814. The van der Waals surface area contributed by atoms with Crippen molar-refractivity contribution in [3.8, 4) is 10.6 Å². The van der Waals surface area contributed by atoms with E-state index < -0.39 is 0 Å². The highest BCUT2D eigenvalue weighted by atomic mass is 32.1. The lowest BCUT2D eigenvalue weighted by molar-refractivity contribution is 0.0474. The fourth-order valence-corrected chi connectivity index (χ4v) is 4.68. The van der Waals surface area contributed by atoms with Gasteiger partial charge in [0.05, 0.1) is 5.69 Å². The molecular formula is C18H15NO2S2. The smallest absolute Gasteiger partial charge is 0.348 e. The zero-order chi connectivity index (χ0) is 15.6. The normalized spacial score (nSPS) is 13.0. The molecule has 0 saturated heterocycles. The molecule has 1 aliphatic carbocycles. The predicted octanol–water partition coefficient (Wildman–Crippen LogP) is 4.72. The van der Waals surface area contributed by atoms with Crippen LogP contribution in [0, 0.1) is 0 Å². The maximum absolute atomic E-state index is 12.2. The van der Waals surface area contributed by atoms with Crippen molar-refractivity contribution in [3.63, 3.8) is 0 Å². The Kier molecular flexibility index (Phi) is 3.97. The van der Waals surface area contributed by atoms with Gasteiger partial charge in [-0.15, -0.1) is 22.7 Å². The van der Waals surface area contributed by atoms with Crippen molar-refractivity contribution in [2.75, 3.05) is 0 Å². The highest BCUT2D eigenvalue weighted by Gasteiger charge is 2.19. The first kappa shape index (κ1) is 14.6. The molecule has 4 rings (SSSR count). The van der Waals surface area contributed by atoms with E-state index in [9.17, 15) is 4.79 Å². The van der Waals surface area contributed by atoms with E-state index >= 15 is 0 Å². The maximum Gasteiger partial charge on any atom is 0.348 e. The van der Waals surface area contributed by atoms with Gasteiger partial charge in [0.2, 0.25) is 0 Å². The van der Waals surface area contributed by atoms with Crippen molar-refractivity contribution >= 4 is 28.6 Å². The lowest BCUT2D eigenvalue weighted by Gasteiger charge is -2.00. The Morgan fingerprint density at radius 2 is 2.09 bits per heavy atom. The topological polar surface area (TPSA) is 39.2 Å². The van der Waals surface area contributed by atoms with Gasteiger partial charge in [-0.2, -0.15) is 0 Å². The van der Waals surface area contributed by atoms with Gasteiger partial charge in [-0.3, -0.25) is 0 Å². The molecule has 3 nitrogen and oxygen atoms in total. The second kappa shape index (κ2) is 6.26. The summed E-state index contributed by atoms with van der Waals surface area (Å²) in [5, 5.41) is 2.90. The number of aryl methyl sites for hydroxylation is 2. The summed E-state index contributed by atoms with van der Waals surface area (Å²) in [6.07, 6.45) is 3.39. The van der Waals surface area contributed by atoms with Crippen LogP contribution in [-0.4, -0.2) is 11.0 Å². The molecule has 2 heterocycles. The molecule has 0 amide bonds. The second-order valence-electron chi connectivity index (χ2n) is 5.50. The molecule has 0 bridgehead atoms. The molecular weight excluding hydrogens is 326 g/mol. The molecule has 3 aromatic rings. The molecule has 0 N–H and O–H groups in total. The van der Waals surface area contributed by atoms with Crippen LogP contribution in [0.1, 0.15) is 32.2 Å². The van der Waals surface area contributed by atoms with Crippen LogP contribution in [0.15, 0.2) is 41.8 Å². The number of esters is 1. The minimum Gasteiger partial charge on any atom is -0.455 e. The van der Waals surface area contributed by atoms with Gasteiger partial charge in [0, 0.05) is 15.8 Å². The highest BCUT2D eigenvalue weighted by Crippen LogP contribution is 2.31. The number of fused-ring (bicyclic) bond motifs is 1. The fraction of sp³-hybridized carbons (Fsp3) is 0.222. The first-order valence-corrected chi connectivity index (χ1v) is 9.28. The van der Waals surface area contributed by atoms with Crippen LogP contribution in [-0.2, 0) is 24.2 Å². The van der Waals surface area contributed by atoms with E-state index in [0.717, 1.165) is 29.1 Å². The zero-order valence-corrected chi connectivity index (χ0v) is 14.1. The van der Waals surface area contributed by atoms with Crippen LogP contribution >= 0.6 is 22.7 Å². The van der Waals surface area contributed by atoms with Gasteiger partial charge < -0.3 is 4.74 Å². The van der Waals surface area contributed by atoms with Crippen LogP contribution in [0.3, 0.4) is 0 Å². The Hall–Kier alpha value is -1.98. The lowest BCUT2D eigenvalue weighted by atomic mass is 10.2. The lowest BCUT2D eigenvalue weighted by Crippen LogP contribution is -2.03. The molecule has 0 unspecified atom stereocenters. The van der Waals surface area contributed by atoms with Gasteiger partial charge >= 0.3 is 5.97 Å². The van der Waals surface area contributed by atoms with Gasteiger partial charge in [0.25, 0.3) is 0 Å². The third kappa shape index (κ3) is 3.07. The van der Waals surface area contributed by atoms with Gasteiger partial charge in [0.15, 0.2) is 0 Å². The van der Waals surface area contributed by atoms with E-state index in [2.05, 4.69) is 4.98 Å². The molecule has 0 spiro atoms. The van der Waals surface area contributed by atoms with Crippen LogP contribution in [0.5, 0.6) is 0 Å². The molecule has 0 radical (unpaired) electrons. The van der Waals surface area contributed by atoms with Gasteiger partial charge in [-0.25, -0.2) is 9.78 Å². The number of carbonyl (C=O) groups excluding carboxylic acids is 1. The Morgan fingerprint density at radius 1 is 1.22 bits per heavy atom. The summed E-state index contributed by atoms with van der Waals surface area (Å²) in [6.45, 7) is 0.227. The Balaban J connectivity index is 1.41. The van der Waals surface area contributed by atoms with E-state index in [1.807, 2.05) is 41.8 Å². The molecule has 1 aliphatic rings. The number of benzene rings is 1. The van der Waals surface area contributed by atoms with E-state index in [-0.39, 0.29) is 12.6 Å². The third-order valence-corrected chi connectivity index (χ3v) is 6.03. The summed E-state index contributed by atoms with van der Waals surface area (Å²) in [5.41, 5.74) is 3.21. The monoisotopic (exact) mass is 341 g/mol. The molecule has 2 aromatic heterocycles. The number of thiazole rings is 1. The van der Waals surface area contributed by atoms with Crippen LogP contribution in [0.2, 0.25) is 0 Å². The molecule has 0 fully saturated rings. The SMILES string of the molecule is O=C(OCc1csc(-c2ccccc2)n1)c1cc2c(s1)CCC2. The summed E-state index contributed by atoms with van der Waals surface area (Å²) in [4.78, 5) is 18.8. The van der Waals surface area contributed by atoms with Crippen molar-refractivity contribution in [1.82, 2.24) is 4.98 Å². The minimum atomic E-state index is -0.237. The first-order valence-electron chi connectivity index (χ1n) is 7.58. The maximum atomic E-state index is 12.2. The quantitative estimate of drug-likeness (QED) is 0.645. The largest absolute Gasteiger partial charge is 0.455 e. The third-order valence-electron chi connectivity index (χ3n) is 3.87. The van der Waals surface area contributed by atoms with Crippen molar-refractivity contribution in [2.45, 2.75) is 25.9 Å². The number of hydrogen-bond acceptors (Lipinski definition) is 5.